The third kappa shape index (κ3) is 5.09. The van der Waals surface area contributed by atoms with Crippen molar-refractivity contribution in [3.63, 3.8) is 0 Å². The van der Waals surface area contributed by atoms with Crippen LogP contribution in [-0.4, -0.2) is 34.0 Å². The molecule has 33 heavy (non-hydrogen) atoms. The molecule has 0 saturated carbocycles. The van der Waals surface area contributed by atoms with Gasteiger partial charge in [-0.25, -0.2) is 13.4 Å². The maximum atomic E-state index is 14.1. The molecule has 1 heterocycles. The normalized spacial score (nSPS) is 13.1. The van der Waals surface area contributed by atoms with Gasteiger partial charge in [0.2, 0.25) is 0 Å². The minimum Gasteiger partial charge on any atom is -0.463 e. The summed E-state index contributed by atoms with van der Waals surface area (Å²) in [6.07, 6.45) is -2.02. The van der Waals surface area contributed by atoms with Crippen molar-refractivity contribution in [2.45, 2.75) is 25.0 Å². The van der Waals surface area contributed by atoms with Crippen LogP contribution in [0.3, 0.4) is 0 Å². The smallest absolute Gasteiger partial charge is 0.358 e. The van der Waals surface area contributed by atoms with E-state index >= 15 is 0 Å². The lowest BCUT2D eigenvalue weighted by Gasteiger charge is -2.19. The molecule has 0 aliphatic heterocycles. The minimum absolute atomic E-state index is 0.0380. The number of halogens is 3. The van der Waals surface area contributed by atoms with Gasteiger partial charge in [0.25, 0.3) is 16.3 Å². The number of para-hydroxylation sites is 1. The molecule has 0 fully saturated rings. The standard InChI is InChI=1S/C19H17Cl2FN2O7S2/c1-3-30-19(25)18(31-33(21,28)29)23-12(2)17(15-11-13(22)9-10-16(15)23)32(26,27)24(20)14-7-5-4-6-8-14/h4-11,18H,3H2,1-2H3. The number of ether oxygens (including phenoxy) is 1. The predicted octanol–water partition coefficient (Wildman–Crippen LogP) is 4.00. The van der Waals surface area contributed by atoms with E-state index in [9.17, 15) is 26.0 Å². The molecule has 1 unspecified atom stereocenters. The monoisotopic (exact) mass is 538 g/mol. The molecule has 1 atom stereocenters. The Morgan fingerprint density at radius 2 is 1.79 bits per heavy atom. The van der Waals surface area contributed by atoms with Crippen LogP contribution in [0.15, 0.2) is 53.4 Å². The van der Waals surface area contributed by atoms with Crippen LogP contribution in [0.25, 0.3) is 10.9 Å². The van der Waals surface area contributed by atoms with Crippen molar-refractivity contribution >= 4 is 64.4 Å². The molecule has 0 radical (unpaired) electrons. The second kappa shape index (κ2) is 9.47. The number of fused-ring (bicyclic) bond motifs is 1. The van der Waals surface area contributed by atoms with Crippen LogP contribution in [-0.2, 0) is 33.1 Å². The van der Waals surface area contributed by atoms with Gasteiger partial charge in [0.15, 0.2) is 0 Å². The van der Waals surface area contributed by atoms with Gasteiger partial charge in [0.05, 0.1) is 17.8 Å². The first-order valence-corrected chi connectivity index (χ1v) is 13.3. The number of benzene rings is 2. The van der Waals surface area contributed by atoms with Crippen molar-refractivity contribution in [2.24, 2.45) is 0 Å². The van der Waals surface area contributed by atoms with Gasteiger partial charge in [-0.2, -0.15) is 20.7 Å². The van der Waals surface area contributed by atoms with Gasteiger partial charge in [-0.15, -0.1) is 0 Å². The SMILES string of the molecule is CCOC(=O)C(OS(=O)(=O)Cl)n1c(C)c(S(=O)(=O)N(Cl)c2ccccc2)c2cc(F)ccc21. The lowest BCUT2D eigenvalue weighted by Crippen LogP contribution is -2.27. The number of anilines is 1. The van der Waals surface area contributed by atoms with Gasteiger partial charge in [0.1, 0.15) is 10.7 Å². The maximum absolute atomic E-state index is 14.1. The average Bonchev–Trinajstić information content (AvgIpc) is 3.03. The van der Waals surface area contributed by atoms with Crippen molar-refractivity contribution in [3.8, 4) is 0 Å². The Bertz CT molecular complexity index is 1410. The molecular formula is C19H17Cl2FN2O7S2. The summed E-state index contributed by atoms with van der Waals surface area (Å²) in [5, 5.41) is -0.168. The zero-order valence-corrected chi connectivity index (χ0v) is 20.3. The van der Waals surface area contributed by atoms with Crippen LogP contribution in [0.4, 0.5) is 10.1 Å². The van der Waals surface area contributed by atoms with Crippen LogP contribution in [0, 0.1) is 12.7 Å². The van der Waals surface area contributed by atoms with E-state index in [2.05, 4.69) is 0 Å². The molecule has 0 saturated heterocycles. The van der Waals surface area contributed by atoms with Gasteiger partial charge in [-0.1, -0.05) is 18.2 Å². The highest BCUT2D eigenvalue weighted by Gasteiger charge is 2.37. The summed E-state index contributed by atoms with van der Waals surface area (Å²) in [6, 6.07) is 10.7. The Hall–Kier alpha value is -2.38. The number of nitrogens with zero attached hydrogens (tertiary/aromatic N) is 2. The molecule has 3 rings (SSSR count). The molecule has 0 bridgehead atoms. The van der Waals surface area contributed by atoms with Gasteiger partial charge in [0, 0.05) is 33.5 Å². The molecule has 3 aromatic rings. The first-order valence-electron chi connectivity index (χ1n) is 9.24. The van der Waals surface area contributed by atoms with E-state index in [-0.39, 0.29) is 28.9 Å². The fraction of sp³-hybridized carbons (Fsp3) is 0.211. The average molecular weight is 539 g/mol. The minimum atomic E-state index is -4.72. The Morgan fingerprint density at radius 1 is 1.15 bits per heavy atom. The molecule has 14 heteroatoms. The Labute approximate surface area is 199 Å². The molecule has 1 aromatic heterocycles. The summed E-state index contributed by atoms with van der Waals surface area (Å²) < 4.78 is 75.3. The number of sulfonamides is 1. The van der Waals surface area contributed by atoms with E-state index in [1.54, 1.807) is 18.2 Å². The number of carbonyl (C=O) groups excluding carboxylic acids is 1. The van der Waals surface area contributed by atoms with E-state index in [1.807, 2.05) is 0 Å². The Balaban J connectivity index is 2.34. The molecule has 0 aliphatic carbocycles. The Kier molecular flexibility index (Phi) is 7.24. The number of rotatable bonds is 8. The van der Waals surface area contributed by atoms with Gasteiger partial charge in [-0.3, -0.25) is 0 Å². The fourth-order valence-electron chi connectivity index (χ4n) is 3.29. The summed E-state index contributed by atoms with van der Waals surface area (Å²) in [6.45, 7) is 2.61. The molecule has 9 nitrogen and oxygen atoms in total. The highest BCUT2D eigenvalue weighted by atomic mass is 35.7. The zero-order valence-electron chi connectivity index (χ0n) is 17.1. The van der Waals surface area contributed by atoms with E-state index in [0.29, 0.717) is 3.82 Å². The number of hydrogen-bond acceptors (Lipinski definition) is 7. The Morgan fingerprint density at radius 3 is 2.36 bits per heavy atom. The van der Waals surface area contributed by atoms with E-state index in [1.165, 1.54) is 26.0 Å². The zero-order chi connectivity index (χ0) is 24.6. The summed E-state index contributed by atoms with van der Waals surface area (Å²) >= 11 is 6.15. The van der Waals surface area contributed by atoms with Crippen molar-refractivity contribution in [1.29, 1.82) is 0 Å². The van der Waals surface area contributed by atoms with Crippen LogP contribution < -0.4 is 3.82 Å². The molecule has 0 aliphatic rings. The second-order valence-electron chi connectivity index (χ2n) is 6.60. The molecule has 0 spiro atoms. The first kappa shape index (κ1) is 25.2. The highest BCUT2D eigenvalue weighted by molar-refractivity contribution is 8.10. The predicted molar refractivity (Wildman–Crippen MR) is 120 cm³/mol. The quantitative estimate of drug-likeness (QED) is 0.242. The van der Waals surface area contributed by atoms with Crippen LogP contribution in [0.1, 0.15) is 18.8 Å². The highest BCUT2D eigenvalue weighted by Crippen LogP contribution is 2.38. The number of esters is 1. The summed E-state index contributed by atoms with van der Waals surface area (Å²) in [5.41, 5.74) is -0.114. The van der Waals surface area contributed by atoms with Crippen molar-refractivity contribution in [3.05, 3.63) is 60.0 Å². The van der Waals surface area contributed by atoms with Crippen molar-refractivity contribution in [2.75, 3.05) is 10.4 Å². The topological polar surface area (TPSA) is 112 Å². The van der Waals surface area contributed by atoms with Crippen LogP contribution >= 0.6 is 22.5 Å². The van der Waals surface area contributed by atoms with Crippen molar-refractivity contribution in [1.82, 2.24) is 4.57 Å². The molecular weight excluding hydrogens is 522 g/mol. The van der Waals surface area contributed by atoms with E-state index in [4.69, 9.17) is 31.4 Å². The third-order valence-electron chi connectivity index (χ3n) is 4.51. The fourth-order valence-corrected chi connectivity index (χ4v) is 5.67. The lowest BCUT2D eigenvalue weighted by molar-refractivity contribution is -0.155. The van der Waals surface area contributed by atoms with Crippen LogP contribution in [0.5, 0.6) is 0 Å². The lowest BCUT2D eigenvalue weighted by atomic mass is 10.2. The maximum Gasteiger partial charge on any atom is 0.358 e. The summed E-state index contributed by atoms with van der Waals surface area (Å²) in [4.78, 5) is 12.1. The summed E-state index contributed by atoms with van der Waals surface area (Å²) in [5.74, 6) is -1.95. The van der Waals surface area contributed by atoms with Gasteiger partial charge < -0.3 is 9.30 Å². The molecule has 0 N–H and O–H groups in total. The summed E-state index contributed by atoms with van der Waals surface area (Å²) in [7, 11) is -4.06. The number of carbonyl (C=O) groups is 1. The van der Waals surface area contributed by atoms with Gasteiger partial charge >= 0.3 is 15.3 Å². The molecule has 0 amide bonds. The second-order valence-corrected chi connectivity index (χ2v) is 11.0. The van der Waals surface area contributed by atoms with E-state index < -0.39 is 42.3 Å². The van der Waals surface area contributed by atoms with E-state index in [0.717, 1.165) is 22.8 Å². The first-order chi connectivity index (χ1) is 15.4. The number of hydrogen-bond donors (Lipinski definition) is 0. The van der Waals surface area contributed by atoms with Crippen molar-refractivity contribution < 1.29 is 34.9 Å². The van der Waals surface area contributed by atoms with Crippen LogP contribution in [0.2, 0.25) is 0 Å². The third-order valence-corrected chi connectivity index (χ3v) is 7.54. The molecule has 2 aromatic carbocycles. The number of aromatic nitrogens is 1. The van der Waals surface area contributed by atoms with Gasteiger partial charge in [-0.05, 0) is 44.2 Å². The molecule has 178 valence electrons. The largest absolute Gasteiger partial charge is 0.463 e.